The van der Waals surface area contributed by atoms with E-state index in [4.69, 9.17) is 5.73 Å². The van der Waals surface area contributed by atoms with Crippen molar-refractivity contribution in [2.24, 2.45) is 5.73 Å². The van der Waals surface area contributed by atoms with Crippen molar-refractivity contribution < 1.29 is 4.39 Å². The Hall–Kier alpha value is -1.19. The van der Waals surface area contributed by atoms with Crippen LogP contribution in [-0.4, -0.2) is 0 Å². The van der Waals surface area contributed by atoms with Crippen molar-refractivity contribution in [3.63, 3.8) is 0 Å². The molecule has 0 heterocycles. The van der Waals surface area contributed by atoms with Gasteiger partial charge >= 0.3 is 0 Å². The van der Waals surface area contributed by atoms with Crippen LogP contribution in [-0.2, 0) is 6.42 Å². The van der Waals surface area contributed by atoms with E-state index in [-0.39, 0.29) is 11.9 Å². The lowest BCUT2D eigenvalue weighted by atomic mass is 9.99. The lowest BCUT2D eigenvalue weighted by Crippen LogP contribution is -2.14. The first-order valence-corrected chi connectivity index (χ1v) is 6.62. The first-order valence-electron chi connectivity index (χ1n) is 5.83. The first-order chi connectivity index (χ1) is 8.58. The van der Waals surface area contributed by atoms with Gasteiger partial charge in [0, 0.05) is 6.04 Å². The van der Waals surface area contributed by atoms with Crippen LogP contribution in [0.2, 0.25) is 0 Å². The molecule has 2 rings (SSSR count). The number of halogens is 2. The fraction of sp³-hybridized carbons (Fsp3) is 0.200. The van der Waals surface area contributed by atoms with E-state index < -0.39 is 0 Å². The van der Waals surface area contributed by atoms with Crippen LogP contribution in [0.15, 0.2) is 46.9 Å². The third kappa shape index (κ3) is 2.98. The summed E-state index contributed by atoms with van der Waals surface area (Å²) in [6.07, 6.45) is 0.697. The fourth-order valence-corrected chi connectivity index (χ4v) is 2.45. The van der Waals surface area contributed by atoms with Gasteiger partial charge in [-0.1, -0.05) is 42.0 Å². The van der Waals surface area contributed by atoms with Crippen LogP contribution in [0.4, 0.5) is 4.39 Å². The molecule has 2 aromatic carbocycles. The molecule has 0 radical (unpaired) electrons. The highest BCUT2D eigenvalue weighted by atomic mass is 79.9. The number of benzene rings is 2. The Morgan fingerprint density at radius 3 is 2.50 bits per heavy atom. The van der Waals surface area contributed by atoms with Crippen molar-refractivity contribution in [2.75, 3.05) is 0 Å². The second kappa shape index (κ2) is 5.63. The van der Waals surface area contributed by atoms with Crippen LogP contribution in [0, 0.1) is 12.7 Å². The summed E-state index contributed by atoms with van der Waals surface area (Å²) >= 11 is 3.25. The molecule has 2 aromatic rings. The van der Waals surface area contributed by atoms with E-state index in [1.165, 1.54) is 11.6 Å². The minimum atomic E-state index is -0.271. The summed E-state index contributed by atoms with van der Waals surface area (Å²) in [5.74, 6) is -0.271. The molecule has 2 N–H and O–H groups in total. The zero-order valence-corrected chi connectivity index (χ0v) is 11.7. The van der Waals surface area contributed by atoms with Crippen LogP contribution < -0.4 is 5.73 Å². The number of hydrogen-bond acceptors (Lipinski definition) is 1. The van der Waals surface area contributed by atoms with Gasteiger partial charge < -0.3 is 5.73 Å². The lowest BCUT2D eigenvalue weighted by Gasteiger charge is -2.14. The predicted molar refractivity (Wildman–Crippen MR) is 75.9 cm³/mol. The summed E-state index contributed by atoms with van der Waals surface area (Å²) in [5, 5.41) is 0. The van der Waals surface area contributed by atoms with Gasteiger partial charge in [-0.05, 0) is 46.5 Å². The highest BCUT2D eigenvalue weighted by Crippen LogP contribution is 2.26. The Morgan fingerprint density at radius 1 is 1.17 bits per heavy atom. The third-order valence-corrected chi connectivity index (χ3v) is 3.79. The summed E-state index contributed by atoms with van der Waals surface area (Å²) in [5.41, 5.74) is 9.32. The van der Waals surface area contributed by atoms with Gasteiger partial charge in [-0.3, -0.25) is 0 Å². The van der Waals surface area contributed by atoms with Crippen LogP contribution in [0.1, 0.15) is 22.7 Å². The van der Waals surface area contributed by atoms with Crippen LogP contribution in [0.5, 0.6) is 0 Å². The van der Waals surface area contributed by atoms with Crippen molar-refractivity contribution in [3.05, 3.63) is 69.4 Å². The number of nitrogens with two attached hydrogens (primary N) is 1. The minimum Gasteiger partial charge on any atom is -0.324 e. The molecular formula is C15H15BrFN. The Kier molecular flexibility index (Phi) is 4.15. The summed E-state index contributed by atoms with van der Waals surface area (Å²) in [4.78, 5) is 0. The zero-order chi connectivity index (χ0) is 13.1. The van der Waals surface area contributed by atoms with Crippen molar-refractivity contribution >= 4 is 15.9 Å². The molecule has 3 heteroatoms. The number of rotatable bonds is 3. The van der Waals surface area contributed by atoms with Gasteiger partial charge in [-0.25, -0.2) is 4.39 Å². The molecule has 0 aliphatic heterocycles. The maximum Gasteiger partial charge on any atom is 0.137 e. The molecule has 0 aliphatic rings. The molecule has 0 aromatic heterocycles. The second-order valence-electron chi connectivity index (χ2n) is 4.44. The third-order valence-electron chi connectivity index (χ3n) is 2.96. The van der Waals surface area contributed by atoms with Crippen LogP contribution in [0.3, 0.4) is 0 Å². The number of hydrogen-bond donors (Lipinski definition) is 1. The maximum atomic E-state index is 13.4. The van der Waals surface area contributed by atoms with Gasteiger partial charge in [0.15, 0.2) is 0 Å². The smallest absolute Gasteiger partial charge is 0.137 e. The Morgan fingerprint density at radius 2 is 1.83 bits per heavy atom. The Labute approximate surface area is 115 Å². The van der Waals surface area contributed by atoms with Crippen molar-refractivity contribution in [1.82, 2.24) is 0 Å². The average Bonchev–Trinajstić information content (AvgIpc) is 2.35. The Bertz CT molecular complexity index is 537. The molecule has 1 atom stereocenters. The number of aryl methyl sites for hydroxylation is 1. The monoisotopic (exact) mass is 307 g/mol. The maximum absolute atomic E-state index is 13.4. The van der Waals surface area contributed by atoms with Gasteiger partial charge in [0.25, 0.3) is 0 Å². The van der Waals surface area contributed by atoms with Crippen molar-refractivity contribution in [1.29, 1.82) is 0 Å². The molecule has 0 amide bonds. The van der Waals surface area contributed by atoms with Crippen LogP contribution >= 0.6 is 15.9 Å². The van der Waals surface area contributed by atoms with Gasteiger partial charge in [0.05, 0.1) is 4.47 Å². The highest BCUT2D eigenvalue weighted by molar-refractivity contribution is 9.10. The molecular weight excluding hydrogens is 293 g/mol. The summed E-state index contributed by atoms with van der Waals surface area (Å²) in [6, 6.07) is 13.0. The average molecular weight is 308 g/mol. The van der Waals surface area contributed by atoms with Gasteiger partial charge in [0.2, 0.25) is 0 Å². The largest absolute Gasteiger partial charge is 0.324 e. The molecule has 1 unspecified atom stereocenters. The normalized spacial score (nSPS) is 12.4. The van der Waals surface area contributed by atoms with Gasteiger partial charge in [-0.2, -0.15) is 0 Å². The molecule has 0 fully saturated rings. The summed E-state index contributed by atoms with van der Waals surface area (Å²) in [6.45, 7) is 2.05. The van der Waals surface area contributed by atoms with E-state index in [9.17, 15) is 4.39 Å². The molecule has 18 heavy (non-hydrogen) atoms. The molecule has 0 spiro atoms. The first kappa shape index (κ1) is 13.2. The Balaban J connectivity index is 2.19. The van der Waals surface area contributed by atoms with Crippen molar-refractivity contribution in [3.8, 4) is 0 Å². The molecule has 0 saturated heterocycles. The highest BCUT2D eigenvalue weighted by Gasteiger charge is 2.13. The minimum absolute atomic E-state index is 0.210. The van der Waals surface area contributed by atoms with E-state index >= 15 is 0 Å². The lowest BCUT2D eigenvalue weighted by molar-refractivity contribution is 0.610. The van der Waals surface area contributed by atoms with E-state index in [2.05, 4.69) is 40.2 Å². The standard InChI is InChI=1S/C15H15BrFN/c1-10-5-7-11(8-6-10)9-14(18)12-3-2-4-13(17)15(12)16/h2-8,14H,9,18H2,1H3. The molecule has 0 bridgehead atoms. The van der Waals surface area contributed by atoms with E-state index in [0.717, 1.165) is 11.1 Å². The molecule has 94 valence electrons. The SMILES string of the molecule is Cc1ccc(CC(N)c2cccc(F)c2Br)cc1. The summed E-state index contributed by atoms with van der Waals surface area (Å²) in [7, 11) is 0. The topological polar surface area (TPSA) is 26.0 Å². The van der Waals surface area contributed by atoms with Crippen molar-refractivity contribution in [2.45, 2.75) is 19.4 Å². The van der Waals surface area contributed by atoms with Gasteiger partial charge in [0.1, 0.15) is 5.82 Å². The van der Waals surface area contributed by atoms with E-state index in [1.54, 1.807) is 6.07 Å². The molecule has 0 aliphatic carbocycles. The fourth-order valence-electron chi connectivity index (χ4n) is 1.89. The predicted octanol–water partition coefficient (Wildman–Crippen LogP) is 4.14. The molecule has 1 nitrogen and oxygen atoms in total. The second-order valence-corrected chi connectivity index (χ2v) is 5.23. The summed E-state index contributed by atoms with van der Waals surface area (Å²) < 4.78 is 13.9. The van der Waals surface area contributed by atoms with Crippen LogP contribution in [0.25, 0.3) is 0 Å². The van der Waals surface area contributed by atoms with E-state index in [0.29, 0.717) is 10.9 Å². The molecule has 0 saturated carbocycles. The van der Waals surface area contributed by atoms with Gasteiger partial charge in [-0.15, -0.1) is 0 Å². The van der Waals surface area contributed by atoms with E-state index in [1.807, 2.05) is 13.0 Å². The zero-order valence-electron chi connectivity index (χ0n) is 10.2. The quantitative estimate of drug-likeness (QED) is 0.906.